The lowest BCUT2D eigenvalue weighted by molar-refractivity contribution is -0.149. The number of carbonyl (C=O) groups is 2. The third-order valence-corrected chi connectivity index (χ3v) is 12.2. The lowest BCUT2D eigenvalue weighted by Gasteiger charge is -2.44. The second-order valence-electron chi connectivity index (χ2n) is 13.5. The molecule has 0 amide bonds. The topological polar surface area (TPSA) is 76.7 Å². The molecule has 4 fully saturated rings. The fourth-order valence-corrected chi connectivity index (χ4v) is 11.1. The van der Waals surface area contributed by atoms with Gasteiger partial charge in [0.15, 0.2) is 12.5 Å². The number of hydrogen-bond donors (Lipinski definition) is 2. The number of aryl methyl sites for hydroxylation is 2. The smallest absolute Gasteiger partial charge is 0.332 e. The highest BCUT2D eigenvalue weighted by molar-refractivity contribution is 5.92. The van der Waals surface area contributed by atoms with E-state index in [1.54, 1.807) is 0 Å². The van der Waals surface area contributed by atoms with E-state index in [0.717, 1.165) is 13.1 Å². The summed E-state index contributed by atoms with van der Waals surface area (Å²) in [7, 11) is 0. The highest BCUT2D eigenvalue weighted by atomic mass is 16.6. The van der Waals surface area contributed by atoms with Crippen molar-refractivity contribution in [2.75, 3.05) is 13.1 Å². The molecular weight excluding hydrogens is 512 g/mol. The average Bonchev–Trinajstić information content (AvgIpc) is 3.79. The van der Waals surface area contributed by atoms with Crippen LogP contribution in [0.4, 0.5) is 0 Å². The largest absolute Gasteiger partial charge is 0.443 e. The van der Waals surface area contributed by atoms with Gasteiger partial charge in [0.25, 0.3) is 0 Å². The van der Waals surface area contributed by atoms with Gasteiger partial charge in [0.1, 0.15) is 0 Å². The highest BCUT2D eigenvalue weighted by Gasteiger charge is 2.84. The summed E-state index contributed by atoms with van der Waals surface area (Å²) in [6.45, 7) is 5.75. The minimum absolute atomic E-state index is 0.0835. The van der Waals surface area contributed by atoms with Crippen molar-refractivity contribution in [3.63, 3.8) is 0 Å². The molecule has 2 saturated heterocycles. The maximum Gasteiger partial charge on any atom is 0.332 e. The Morgan fingerprint density at radius 3 is 1.46 bits per heavy atom. The fraction of sp³-hybridized carbons (Fsp3) is 0.429. The van der Waals surface area contributed by atoms with E-state index in [1.165, 1.54) is 34.4 Å². The summed E-state index contributed by atoms with van der Waals surface area (Å²) >= 11 is 0. The minimum atomic E-state index is -0.515. The van der Waals surface area contributed by atoms with Gasteiger partial charge in [0.2, 0.25) is 0 Å². The zero-order chi connectivity index (χ0) is 27.7. The number of nitrogens with one attached hydrogen (secondary N) is 2. The number of fused-ring (bicyclic) bond motifs is 2. The molecule has 2 saturated carbocycles. The molecule has 4 aliphatic carbocycles. The van der Waals surface area contributed by atoms with Crippen LogP contribution in [0.25, 0.3) is 0 Å². The number of benzene rings is 2. The summed E-state index contributed by atoms with van der Waals surface area (Å²) in [5.74, 6) is 0.0486. The Bertz CT molecular complexity index is 1460. The fourth-order valence-electron chi connectivity index (χ4n) is 11.1. The Labute approximate surface area is 239 Å². The molecule has 7 aliphatic rings. The summed E-state index contributed by atoms with van der Waals surface area (Å²) in [5.41, 5.74) is 4.61. The van der Waals surface area contributed by atoms with Gasteiger partial charge in [-0.3, -0.25) is 10.6 Å². The molecule has 7 bridgehead atoms. The van der Waals surface area contributed by atoms with Crippen LogP contribution < -0.4 is 10.6 Å². The van der Waals surface area contributed by atoms with E-state index in [4.69, 9.17) is 9.47 Å². The van der Waals surface area contributed by atoms with Crippen LogP contribution in [0.3, 0.4) is 0 Å². The van der Waals surface area contributed by atoms with Crippen molar-refractivity contribution in [1.29, 1.82) is 0 Å². The normalized spacial score (nSPS) is 46.7. The van der Waals surface area contributed by atoms with Gasteiger partial charge in [-0.05, 0) is 54.1 Å². The van der Waals surface area contributed by atoms with E-state index < -0.39 is 24.4 Å². The number of hydrogen-bond acceptors (Lipinski definition) is 6. The van der Waals surface area contributed by atoms with Crippen molar-refractivity contribution in [2.45, 2.75) is 37.1 Å². The summed E-state index contributed by atoms with van der Waals surface area (Å²) < 4.78 is 12.3. The van der Waals surface area contributed by atoms with E-state index in [1.807, 2.05) is 0 Å². The van der Waals surface area contributed by atoms with Gasteiger partial charge in [-0.1, -0.05) is 84.0 Å². The number of esters is 2. The molecule has 10 unspecified atom stereocenters. The minimum Gasteiger partial charge on any atom is -0.443 e. The molecule has 10 atom stereocenters. The standard InChI is InChI=1S/C35H34N2O4/c1-19-3-7-21(8-4-19)33-17-36-31-29(33)23-11-13-25(33)35(23)24-12-14-26(35)34(22-9-5-20(2)6-10-22)18-37-32(30(24)34)41-28(39)16-15-27(38)40-31/h3-16,23-26,29-32,36-37H,17-18H2,1-2H3/b16-15-. The van der Waals surface area contributed by atoms with Gasteiger partial charge in [-0.25, -0.2) is 9.59 Å². The lowest BCUT2D eigenvalue weighted by Crippen LogP contribution is -2.47. The monoisotopic (exact) mass is 546 g/mol. The number of rotatable bonds is 2. The quantitative estimate of drug-likeness (QED) is 0.441. The van der Waals surface area contributed by atoms with Crippen molar-refractivity contribution < 1.29 is 19.1 Å². The van der Waals surface area contributed by atoms with Crippen LogP contribution in [0.15, 0.2) is 85.0 Å². The van der Waals surface area contributed by atoms with Crippen LogP contribution >= 0.6 is 0 Å². The van der Waals surface area contributed by atoms with Gasteiger partial charge in [0.05, 0.1) is 0 Å². The molecule has 9 rings (SSSR count). The third-order valence-electron chi connectivity index (χ3n) is 12.2. The molecule has 2 aromatic carbocycles. The molecule has 2 N–H and O–H groups in total. The number of ether oxygens (including phenoxy) is 2. The van der Waals surface area contributed by atoms with Crippen molar-refractivity contribution in [2.24, 2.45) is 40.9 Å². The molecule has 2 aromatic rings. The maximum absolute atomic E-state index is 13.0. The van der Waals surface area contributed by atoms with E-state index in [9.17, 15) is 9.59 Å². The molecule has 0 radical (unpaired) electrons. The van der Waals surface area contributed by atoms with Gasteiger partial charge >= 0.3 is 11.9 Å². The molecule has 3 heterocycles. The third kappa shape index (κ3) is 2.68. The Balaban J connectivity index is 1.30. The average molecular weight is 547 g/mol. The van der Waals surface area contributed by atoms with Crippen molar-refractivity contribution in [3.05, 3.63) is 107 Å². The Hall–Kier alpha value is -3.48. The summed E-state index contributed by atoms with van der Waals surface area (Å²) in [5, 5.41) is 7.26. The first-order valence-corrected chi connectivity index (χ1v) is 15.0. The summed E-state index contributed by atoms with van der Waals surface area (Å²) in [6.07, 6.45) is 11.4. The molecule has 1 spiro atoms. The molecule has 208 valence electrons. The van der Waals surface area contributed by atoms with Gasteiger partial charge in [-0.15, -0.1) is 0 Å². The van der Waals surface area contributed by atoms with Crippen LogP contribution in [-0.4, -0.2) is 37.5 Å². The predicted octanol–water partition coefficient (Wildman–Crippen LogP) is 3.84. The summed E-state index contributed by atoms with van der Waals surface area (Å²) in [4.78, 5) is 26.0. The second kappa shape index (κ2) is 7.87. The van der Waals surface area contributed by atoms with Crippen molar-refractivity contribution >= 4 is 11.9 Å². The zero-order valence-corrected chi connectivity index (χ0v) is 23.2. The first-order valence-electron chi connectivity index (χ1n) is 15.0. The first kappa shape index (κ1) is 24.2. The van der Waals surface area contributed by atoms with E-state index in [-0.39, 0.29) is 51.8 Å². The predicted molar refractivity (Wildman–Crippen MR) is 152 cm³/mol. The Morgan fingerprint density at radius 1 is 0.634 bits per heavy atom. The number of carbonyl (C=O) groups excluding carboxylic acids is 2. The van der Waals surface area contributed by atoms with E-state index in [0.29, 0.717) is 0 Å². The molecule has 0 aromatic heterocycles. The molecule has 6 nitrogen and oxygen atoms in total. The molecular formula is C35H34N2O4. The maximum atomic E-state index is 13.0. The van der Waals surface area contributed by atoms with Crippen LogP contribution in [-0.2, 0) is 29.9 Å². The van der Waals surface area contributed by atoms with Gasteiger partial charge < -0.3 is 9.47 Å². The lowest BCUT2D eigenvalue weighted by atomic mass is 9.59. The van der Waals surface area contributed by atoms with E-state index in [2.05, 4.69) is 97.3 Å². The van der Waals surface area contributed by atoms with Crippen molar-refractivity contribution in [3.8, 4) is 0 Å². The number of allylic oxidation sites excluding steroid dienone is 4. The van der Waals surface area contributed by atoms with Gasteiger partial charge in [0, 0.05) is 47.9 Å². The zero-order valence-electron chi connectivity index (χ0n) is 23.2. The van der Waals surface area contributed by atoms with Crippen LogP contribution in [0.1, 0.15) is 22.3 Å². The molecule has 41 heavy (non-hydrogen) atoms. The van der Waals surface area contributed by atoms with Crippen LogP contribution in [0.2, 0.25) is 0 Å². The molecule has 3 aliphatic heterocycles. The Morgan fingerprint density at radius 2 is 1.05 bits per heavy atom. The highest BCUT2D eigenvalue weighted by Crippen LogP contribution is 2.82. The van der Waals surface area contributed by atoms with Gasteiger partial charge in [-0.2, -0.15) is 0 Å². The van der Waals surface area contributed by atoms with Crippen molar-refractivity contribution in [1.82, 2.24) is 10.6 Å². The first-order chi connectivity index (χ1) is 19.9. The SMILES string of the molecule is Cc1ccc(C23CNC4OC(=O)/C=C\C(=O)OC5NCC6(c7ccc(C)cc7)C5C5C=CC6C56C(C=CC26)C43)cc1. The molecule has 6 heteroatoms. The Kier molecular flexibility index (Phi) is 4.64. The van der Waals surface area contributed by atoms with Crippen LogP contribution in [0, 0.1) is 54.8 Å². The van der Waals surface area contributed by atoms with E-state index >= 15 is 0 Å². The second-order valence-corrected chi connectivity index (χ2v) is 13.5. The summed E-state index contributed by atoms with van der Waals surface area (Å²) in [6, 6.07) is 18.1. The van der Waals surface area contributed by atoms with Crippen LogP contribution in [0.5, 0.6) is 0 Å².